The maximum absolute atomic E-state index is 12.7. The number of carbonyl (C=O) groups excluding carboxylic acids is 5. The van der Waals surface area contributed by atoms with Gasteiger partial charge in [-0.15, -0.1) is 0 Å². The lowest BCUT2D eigenvalue weighted by atomic mass is 10.0. The molecule has 15 heteroatoms. The number of aliphatic carboxylic acids is 1. The minimum absolute atomic E-state index is 0.0921. The standard InChI is InChI=1S/C22H33NO6.C12H23NO4.C10H12O3.30H2/c1-15(2)13-18(23(7)21(26)29-22(4,5)6)20(25)28-16(3)19(24)27-14-17-11-9-8-10-12-17;1-8(2)7-9(10(14)15)13(6)11(16)17-12(3,4)5;1-8(11)10(12)13-7-9-5-3-2-4-6-9;;;;;;;;;;;;;;;;;;;;;;;;;;;;;;/h8-12,15-16,18H,13-14H2,1-7H3;8-9H,7H2,1-6H3,(H,14,15);2-6,8,11H,7H2,1H3;30*1H/t16-,18-;9-;8-;;;;;;;;;;;;;;;;;;;;;;;;;;;;;;/m000............................../s1/i;;;30*1+1D. The highest BCUT2D eigenvalue weighted by atomic mass is 16.6. The summed E-state index contributed by atoms with van der Waals surface area (Å²) in [7, 11) is 2.94. The molecule has 0 radical (unpaired) electrons. The molecule has 2 N–H and O–H groups in total. The van der Waals surface area contributed by atoms with Crippen molar-refractivity contribution in [2.24, 2.45) is 11.8 Å². The number of benzene rings is 2. The fourth-order valence-corrected chi connectivity index (χ4v) is 4.65. The van der Waals surface area contributed by atoms with Gasteiger partial charge in [0.25, 0.3) is 0 Å². The van der Waals surface area contributed by atoms with Crippen LogP contribution in [0.15, 0.2) is 60.7 Å². The normalized spacial score (nSPS) is 17.2. The number of amides is 2. The molecule has 0 spiro atoms. The van der Waals surface area contributed by atoms with Gasteiger partial charge in [0.05, 0.1) is 0 Å². The number of carbonyl (C=O) groups is 6. The molecule has 2 amide bonds. The van der Waals surface area contributed by atoms with E-state index in [1.807, 2.05) is 88.4 Å². The van der Waals surface area contributed by atoms with Crippen LogP contribution >= 0.6 is 0 Å². The molecule has 392 valence electrons. The van der Waals surface area contributed by atoms with Crippen molar-refractivity contribution in [1.82, 2.24) is 9.80 Å². The topological polar surface area (TPSA) is 196 Å². The van der Waals surface area contributed by atoms with Gasteiger partial charge in [-0.25, -0.2) is 28.8 Å². The highest BCUT2D eigenvalue weighted by Crippen LogP contribution is 2.18. The van der Waals surface area contributed by atoms with E-state index in [2.05, 4.69) is 0 Å². The van der Waals surface area contributed by atoms with Crippen molar-refractivity contribution >= 4 is 36.1 Å². The second kappa shape index (κ2) is 26.0. The van der Waals surface area contributed by atoms with Crippen molar-refractivity contribution in [3.63, 3.8) is 0 Å². The predicted octanol–water partition coefficient (Wildman–Crippen LogP) is 14.8. The Morgan fingerprint density at radius 1 is 0.610 bits per heavy atom. The molecule has 0 saturated carbocycles. The Morgan fingerprint density at radius 3 is 1.31 bits per heavy atom. The lowest BCUT2D eigenvalue weighted by molar-refractivity contribution is -0.170. The van der Waals surface area contributed by atoms with Crippen LogP contribution in [0, 0.1) is 11.8 Å². The molecule has 15 nitrogen and oxygen atoms in total. The van der Waals surface area contributed by atoms with Gasteiger partial charge in [0.1, 0.15) is 42.6 Å². The summed E-state index contributed by atoms with van der Waals surface area (Å²) in [4.78, 5) is 73.3. The highest BCUT2D eigenvalue weighted by molar-refractivity contribution is 5.84. The second-order valence-electron chi connectivity index (χ2n) is 16.8. The van der Waals surface area contributed by atoms with Crippen molar-refractivity contribution in [2.75, 3.05) is 14.1 Å². The summed E-state index contributed by atoms with van der Waals surface area (Å²) < 4.78 is 326. The Morgan fingerprint density at radius 2 is 0.966 bits per heavy atom. The van der Waals surface area contributed by atoms with E-state index in [-0.39, 0.29) is 25.0 Å². The van der Waals surface area contributed by atoms with Crippen molar-refractivity contribution in [3.8, 4) is 0 Å². The van der Waals surface area contributed by atoms with Crippen LogP contribution in [0.5, 0.6) is 0 Å². The van der Waals surface area contributed by atoms with Crippen molar-refractivity contribution < 1.29 is 152 Å². The fraction of sp³-hybridized carbons (Fsp3) is 0.591. The number of carboxylic acid groups (broad SMARTS) is 1. The lowest BCUT2D eigenvalue weighted by Gasteiger charge is -2.30. The van der Waals surface area contributed by atoms with E-state index in [4.69, 9.17) is 123 Å². The minimum atomic E-state index is -1.09. The summed E-state index contributed by atoms with van der Waals surface area (Å²) in [6.45, 7) is 21.3. The molecule has 0 aliphatic rings. The zero-order valence-electron chi connectivity index (χ0n) is 97.3. The third-order valence-electron chi connectivity index (χ3n) is 7.66. The van der Waals surface area contributed by atoms with E-state index in [0.717, 1.165) is 16.0 Å². The van der Waals surface area contributed by atoms with Crippen molar-refractivity contribution in [3.05, 3.63) is 71.8 Å². The first-order valence-corrected chi connectivity index (χ1v) is 19.6. The van der Waals surface area contributed by atoms with Gasteiger partial charge in [-0.2, -0.15) is 0 Å². The first kappa shape index (κ1) is 21.9. The number of hydrogen-bond acceptors (Lipinski definition) is 12. The molecule has 0 heterocycles. The Labute approximate surface area is 442 Å². The smallest absolute Gasteiger partial charge is 0.410 e. The minimum Gasteiger partial charge on any atom is -0.480 e. The largest absolute Gasteiger partial charge is 0.480 e. The van der Waals surface area contributed by atoms with E-state index in [9.17, 15) is 28.8 Å². The number of carboxylic acids is 1. The molecule has 0 unspecified atom stereocenters. The molecular weight excluding hydrogens is 764 g/mol. The quantitative estimate of drug-likeness (QED) is 0.126. The number of aliphatic hydroxyl groups is 1. The first-order valence-electron chi connectivity index (χ1n) is 49.6. The van der Waals surface area contributed by atoms with Gasteiger partial charge in [0.2, 0.25) is 0 Å². The molecule has 0 fully saturated rings. The molecule has 4 atom stereocenters. The summed E-state index contributed by atoms with van der Waals surface area (Å²) in [6, 6.07) is 16.8. The number of ether oxygens (including phenoxy) is 5. The van der Waals surface area contributed by atoms with Crippen LogP contribution in [0.4, 0.5) is 9.59 Å². The van der Waals surface area contributed by atoms with Gasteiger partial charge in [0, 0.05) is 103 Å². The molecule has 2 aromatic rings. The molecule has 59 heavy (non-hydrogen) atoms. The molecule has 0 saturated heterocycles. The summed E-state index contributed by atoms with van der Waals surface area (Å²) in [5.41, 5.74) is 0.441. The van der Waals surface area contributed by atoms with E-state index in [1.54, 1.807) is 41.5 Å². The van der Waals surface area contributed by atoms with Crippen LogP contribution in [0.2, 0.25) is 0 Å². The molecule has 0 aromatic heterocycles. The molecule has 0 bridgehead atoms. The van der Waals surface area contributed by atoms with Crippen LogP contribution in [-0.4, -0.2) is 106 Å². The third kappa shape index (κ3) is 24.4. The van der Waals surface area contributed by atoms with E-state index in [1.165, 1.54) is 32.8 Å². The zero-order valence-corrected chi connectivity index (χ0v) is 37.3. The number of hydrogen-bond donors (Lipinski definition) is 2. The summed E-state index contributed by atoms with van der Waals surface area (Å²) in [6.07, 6.45) is -2.59. The van der Waals surface area contributed by atoms with Crippen molar-refractivity contribution in [1.29, 1.82) is 0 Å². The first-order chi connectivity index (χ1) is 57.1. The molecule has 0 aliphatic heterocycles. The van der Waals surface area contributed by atoms with Gasteiger partial charge in [0.15, 0.2) is 6.10 Å². The van der Waals surface area contributed by atoms with E-state index >= 15 is 0 Å². The summed E-state index contributed by atoms with van der Waals surface area (Å²) in [5, 5.41) is 17.9. The van der Waals surface area contributed by atoms with Crippen LogP contribution in [-0.2, 0) is 56.1 Å². The van der Waals surface area contributed by atoms with Gasteiger partial charge < -0.3 is 33.9 Å². The zero-order chi connectivity index (χ0) is 106. The van der Waals surface area contributed by atoms with Crippen LogP contribution in [0.1, 0.15) is 196 Å². The van der Waals surface area contributed by atoms with E-state index < -0.39 is 71.6 Å². The number of rotatable bonds is 15. The molecular formula is C44H128N2O13. The second-order valence-corrected chi connectivity index (χ2v) is 16.8. The predicted molar refractivity (Wildman–Crippen MR) is 285 cm³/mol. The summed E-state index contributed by atoms with van der Waals surface area (Å²) >= 11 is 0. The molecule has 0 aliphatic carbocycles. The van der Waals surface area contributed by atoms with Crippen molar-refractivity contribution in [2.45, 2.75) is 145 Å². The Bertz CT molecular complexity index is 1700. The van der Waals surface area contributed by atoms with Crippen LogP contribution in [0.25, 0.3) is 0 Å². The van der Waals surface area contributed by atoms with E-state index in [0.29, 0.717) is 12.8 Å². The molecule has 2 aromatic carbocycles. The van der Waals surface area contributed by atoms with Gasteiger partial charge >= 0.3 is 36.1 Å². The number of likely N-dealkylation sites (N-methyl/N-ethyl adjacent to an activating group) is 2. The van der Waals surface area contributed by atoms with Gasteiger partial charge in [-0.1, -0.05) is 88.4 Å². The highest BCUT2D eigenvalue weighted by Gasteiger charge is 2.34. The fourth-order valence-electron chi connectivity index (χ4n) is 4.65. The maximum atomic E-state index is 12.7. The Kier molecular flexibility index (Phi) is 9.66. The average Bonchev–Trinajstić information content (AvgIpc) is 0.859. The summed E-state index contributed by atoms with van der Waals surface area (Å²) in [5.74, 6) is -2.60. The van der Waals surface area contributed by atoms with Crippen LogP contribution in [0.3, 0.4) is 0 Å². The van der Waals surface area contributed by atoms with Crippen LogP contribution < -0.4 is 0 Å². The third-order valence-corrected chi connectivity index (χ3v) is 7.66. The monoisotopic (exact) mass is 953 g/mol. The van der Waals surface area contributed by atoms with Gasteiger partial charge in [-0.3, -0.25) is 9.80 Å². The Hall–Kier alpha value is -5.18. The SMILES string of the molecule is CC(C)C[C@@H](C(=O)O)N(C)C(=O)OC(C)(C)C.CC(C)C[C@@H](C(=O)O[C@@H](C)C(=O)OCc1ccccc1)N(C)C(=O)OC(C)(C)C.C[C@H](O)C(=O)OCc1ccccc1.[2H][2H].[2H][2H].[2H][2H].[2H][2H].[2H][2H].[2H][2H].[2H][2H].[2H][2H].[2H][2H].[2H][2H].[2H][2H].[2H][2H].[2H][2H].[2H][2H].[2H][2H].[2H][2H].[2H][2H].[2H][2H].[2H][2H].[2H][2H].[2H][2H].[2H][2H].[2H][2H].[2H][2H].[2H][2H].[2H][2H].[2H][2H].[2H][2H].[2H][2H].[2H][2H]. The van der Waals surface area contributed by atoms with Gasteiger partial charge in [-0.05, 0) is 91.2 Å². The molecule has 2 rings (SSSR count). The number of aliphatic hydroxyl groups excluding tert-OH is 1. The average molecular weight is 954 g/mol. The number of nitrogens with zero attached hydrogens (tertiary/aromatic N) is 2. The maximum Gasteiger partial charge on any atom is 0.410 e. The Balaban J connectivity index is -0.0000000260. The number of esters is 3. The lowest BCUT2D eigenvalue weighted by Crippen LogP contribution is -2.47.